The maximum absolute atomic E-state index is 12.6. The molecule has 0 aliphatic heterocycles. The first-order valence-electron chi connectivity index (χ1n) is 6.03. The van der Waals surface area contributed by atoms with Gasteiger partial charge in [-0.2, -0.15) is 13.2 Å². The third-order valence-corrected chi connectivity index (χ3v) is 2.78. The first-order chi connectivity index (χ1) is 10.7. The third kappa shape index (κ3) is 3.76. The molecule has 0 N–H and O–H groups in total. The highest BCUT2D eigenvalue weighted by atomic mass is 19.4. The predicted octanol–water partition coefficient (Wildman–Crippen LogP) is 2.77. The maximum atomic E-state index is 12.6. The number of carboxylic acids is 1. The maximum Gasteiger partial charge on any atom is 0.416 e. The SMILES string of the molecule is O=C([O-])c1cccc(Oc2ccc(C(F)(F)F)cc2[N+](=O)[O-])c1. The van der Waals surface area contributed by atoms with Gasteiger partial charge in [0.25, 0.3) is 0 Å². The van der Waals surface area contributed by atoms with Gasteiger partial charge in [-0.25, -0.2) is 0 Å². The molecule has 0 aliphatic rings. The highest BCUT2D eigenvalue weighted by Gasteiger charge is 2.33. The average Bonchev–Trinajstić information content (AvgIpc) is 2.46. The lowest BCUT2D eigenvalue weighted by Gasteiger charge is -2.11. The molecule has 120 valence electrons. The van der Waals surface area contributed by atoms with Gasteiger partial charge in [0.1, 0.15) is 5.75 Å². The number of nitrogens with zero attached hydrogens (tertiary/aromatic N) is 1. The Kier molecular flexibility index (Phi) is 4.21. The van der Waals surface area contributed by atoms with Crippen molar-refractivity contribution >= 4 is 11.7 Å². The zero-order valence-corrected chi connectivity index (χ0v) is 11.2. The van der Waals surface area contributed by atoms with Crippen LogP contribution in [0.15, 0.2) is 42.5 Å². The Morgan fingerprint density at radius 2 is 1.83 bits per heavy atom. The number of hydrogen-bond donors (Lipinski definition) is 0. The van der Waals surface area contributed by atoms with Crippen LogP contribution in [0.4, 0.5) is 18.9 Å². The smallest absolute Gasteiger partial charge is 0.416 e. The number of halogens is 3. The Hall–Kier alpha value is -3.10. The molecule has 0 heterocycles. The van der Waals surface area contributed by atoms with E-state index >= 15 is 0 Å². The fourth-order valence-corrected chi connectivity index (χ4v) is 1.74. The third-order valence-electron chi connectivity index (χ3n) is 2.78. The molecule has 9 heteroatoms. The summed E-state index contributed by atoms with van der Waals surface area (Å²) >= 11 is 0. The number of aromatic carboxylic acids is 1. The van der Waals surface area contributed by atoms with E-state index in [4.69, 9.17) is 4.74 Å². The van der Waals surface area contributed by atoms with Crippen LogP contribution >= 0.6 is 0 Å². The van der Waals surface area contributed by atoms with Gasteiger partial charge in [0, 0.05) is 11.6 Å². The zero-order valence-electron chi connectivity index (χ0n) is 11.2. The van der Waals surface area contributed by atoms with Gasteiger partial charge in [-0.3, -0.25) is 10.1 Å². The van der Waals surface area contributed by atoms with Crippen molar-refractivity contribution in [3.63, 3.8) is 0 Å². The van der Waals surface area contributed by atoms with Crippen molar-refractivity contribution in [1.29, 1.82) is 0 Å². The molecule has 23 heavy (non-hydrogen) atoms. The highest BCUT2D eigenvalue weighted by molar-refractivity contribution is 5.86. The van der Waals surface area contributed by atoms with Crippen LogP contribution in [-0.2, 0) is 6.18 Å². The fraction of sp³-hybridized carbons (Fsp3) is 0.0714. The number of nitro benzene ring substituents is 1. The molecule has 0 saturated carbocycles. The summed E-state index contributed by atoms with van der Waals surface area (Å²) in [5, 5.41) is 21.7. The van der Waals surface area contributed by atoms with Gasteiger partial charge >= 0.3 is 11.9 Å². The molecule has 0 aromatic heterocycles. The number of benzene rings is 2. The Morgan fingerprint density at radius 3 is 2.39 bits per heavy atom. The minimum atomic E-state index is -4.74. The van der Waals surface area contributed by atoms with Crippen LogP contribution in [0, 0.1) is 10.1 Å². The molecular formula is C14H7F3NO5-. The van der Waals surface area contributed by atoms with E-state index < -0.39 is 34.1 Å². The fourth-order valence-electron chi connectivity index (χ4n) is 1.74. The minimum Gasteiger partial charge on any atom is -0.545 e. The number of nitro groups is 1. The molecule has 0 radical (unpaired) electrons. The zero-order chi connectivity index (χ0) is 17.2. The van der Waals surface area contributed by atoms with Gasteiger partial charge in [0.2, 0.25) is 5.75 Å². The second kappa shape index (κ2) is 5.95. The summed E-state index contributed by atoms with van der Waals surface area (Å²) < 4.78 is 42.9. The number of carbonyl (C=O) groups excluding carboxylic acids is 1. The molecular weight excluding hydrogens is 319 g/mol. The lowest BCUT2D eigenvalue weighted by atomic mass is 10.1. The van der Waals surface area contributed by atoms with Crippen molar-refractivity contribution in [3.8, 4) is 11.5 Å². The summed E-state index contributed by atoms with van der Waals surface area (Å²) in [6.07, 6.45) is -4.74. The lowest BCUT2D eigenvalue weighted by Crippen LogP contribution is -2.21. The summed E-state index contributed by atoms with van der Waals surface area (Å²) in [4.78, 5) is 20.6. The summed E-state index contributed by atoms with van der Waals surface area (Å²) in [5.41, 5.74) is -2.32. The highest BCUT2D eigenvalue weighted by Crippen LogP contribution is 2.37. The molecule has 6 nitrogen and oxygen atoms in total. The topological polar surface area (TPSA) is 92.5 Å². The molecule has 2 aromatic carbocycles. The lowest BCUT2D eigenvalue weighted by molar-refractivity contribution is -0.385. The van der Waals surface area contributed by atoms with Gasteiger partial charge in [0.15, 0.2) is 0 Å². The van der Waals surface area contributed by atoms with Crippen LogP contribution in [0.25, 0.3) is 0 Å². The van der Waals surface area contributed by atoms with Crippen LogP contribution in [0.3, 0.4) is 0 Å². The van der Waals surface area contributed by atoms with Gasteiger partial charge < -0.3 is 14.6 Å². The van der Waals surface area contributed by atoms with E-state index in [-0.39, 0.29) is 11.3 Å². The number of carboxylic acid groups (broad SMARTS) is 1. The molecule has 0 amide bonds. The molecule has 0 fully saturated rings. The summed E-state index contributed by atoms with van der Waals surface area (Å²) in [6, 6.07) is 6.62. The van der Waals surface area contributed by atoms with E-state index in [0.29, 0.717) is 12.1 Å². The molecule has 0 bridgehead atoms. The second-order valence-electron chi connectivity index (χ2n) is 4.35. The molecule has 2 rings (SSSR count). The van der Waals surface area contributed by atoms with Crippen molar-refractivity contribution in [1.82, 2.24) is 0 Å². The molecule has 0 spiro atoms. The predicted molar refractivity (Wildman–Crippen MR) is 68.9 cm³/mol. The Bertz CT molecular complexity index is 773. The average molecular weight is 326 g/mol. The molecule has 0 atom stereocenters. The van der Waals surface area contributed by atoms with Crippen LogP contribution in [-0.4, -0.2) is 10.9 Å². The van der Waals surface area contributed by atoms with Gasteiger partial charge in [-0.05, 0) is 24.3 Å². The van der Waals surface area contributed by atoms with E-state index in [1.54, 1.807) is 0 Å². The molecule has 0 aliphatic carbocycles. The largest absolute Gasteiger partial charge is 0.545 e. The van der Waals surface area contributed by atoms with E-state index in [0.717, 1.165) is 12.1 Å². The standard InChI is InChI=1S/C14H8F3NO5/c15-14(16,17)9-4-5-12(11(7-9)18(21)22)23-10-3-1-2-8(6-10)13(19)20/h1-7H,(H,19,20)/p-1. The number of ether oxygens (including phenoxy) is 1. The summed E-state index contributed by atoms with van der Waals surface area (Å²) in [7, 11) is 0. The molecule has 0 unspecified atom stereocenters. The number of hydrogen-bond acceptors (Lipinski definition) is 5. The number of rotatable bonds is 4. The quantitative estimate of drug-likeness (QED) is 0.636. The van der Waals surface area contributed by atoms with Crippen molar-refractivity contribution < 1.29 is 32.7 Å². The number of carbonyl (C=O) groups is 1. The van der Waals surface area contributed by atoms with Gasteiger partial charge in [0.05, 0.1) is 16.5 Å². The second-order valence-corrected chi connectivity index (χ2v) is 4.35. The normalized spacial score (nSPS) is 11.1. The first kappa shape index (κ1) is 16.3. The number of alkyl halides is 3. The van der Waals surface area contributed by atoms with E-state index in [2.05, 4.69) is 0 Å². The van der Waals surface area contributed by atoms with Crippen LogP contribution in [0.1, 0.15) is 15.9 Å². The van der Waals surface area contributed by atoms with Crippen LogP contribution in [0.2, 0.25) is 0 Å². The minimum absolute atomic E-state index is 0.0884. The first-order valence-corrected chi connectivity index (χ1v) is 6.03. The Morgan fingerprint density at radius 1 is 1.13 bits per heavy atom. The van der Waals surface area contributed by atoms with Crippen molar-refractivity contribution in [2.24, 2.45) is 0 Å². The van der Waals surface area contributed by atoms with E-state index in [1.807, 2.05) is 0 Å². The Balaban J connectivity index is 2.42. The molecule has 2 aromatic rings. The Labute approximate surface area is 126 Å². The van der Waals surface area contributed by atoms with E-state index in [9.17, 15) is 33.2 Å². The van der Waals surface area contributed by atoms with Crippen LogP contribution in [0.5, 0.6) is 11.5 Å². The summed E-state index contributed by atoms with van der Waals surface area (Å²) in [6.45, 7) is 0. The van der Waals surface area contributed by atoms with E-state index in [1.165, 1.54) is 18.2 Å². The van der Waals surface area contributed by atoms with Crippen molar-refractivity contribution in [2.45, 2.75) is 6.18 Å². The van der Waals surface area contributed by atoms with Crippen molar-refractivity contribution in [2.75, 3.05) is 0 Å². The van der Waals surface area contributed by atoms with Crippen molar-refractivity contribution in [3.05, 3.63) is 63.7 Å². The van der Waals surface area contributed by atoms with Gasteiger partial charge in [-0.1, -0.05) is 12.1 Å². The monoisotopic (exact) mass is 326 g/mol. The van der Waals surface area contributed by atoms with Crippen LogP contribution < -0.4 is 9.84 Å². The van der Waals surface area contributed by atoms with Gasteiger partial charge in [-0.15, -0.1) is 0 Å². The summed E-state index contributed by atoms with van der Waals surface area (Å²) in [5.74, 6) is -2.02. The molecule has 0 saturated heterocycles.